The van der Waals surface area contributed by atoms with E-state index in [1.165, 1.54) is 0 Å². The minimum atomic E-state index is -0.873. The van der Waals surface area contributed by atoms with E-state index >= 15 is 0 Å². The molecule has 3 atom stereocenters. The molecule has 202 valence electrons. The molecule has 5 nitrogen and oxygen atoms in total. The number of benzene rings is 2. The smallest absolute Gasteiger partial charge is 0.309 e. The Morgan fingerprint density at radius 3 is 2.19 bits per heavy atom. The molecule has 0 radical (unpaired) electrons. The predicted octanol–water partition coefficient (Wildman–Crippen LogP) is 5.87. The minimum absolute atomic E-state index is 0.0750. The summed E-state index contributed by atoms with van der Waals surface area (Å²) in [6.07, 6.45) is 4.32. The van der Waals surface area contributed by atoms with Crippen LogP contribution in [0.25, 0.3) is 0 Å². The van der Waals surface area contributed by atoms with Crippen LogP contribution in [-0.4, -0.2) is 25.0 Å². The lowest BCUT2D eigenvalue weighted by Gasteiger charge is -2.51. The molecule has 0 unspecified atom stereocenters. The first kappa shape index (κ1) is 28.9. The quantitative estimate of drug-likeness (QED) is 0.374. The van der Waals surface area contributed by atoms with Gasteiger partial charge in [0.1, 0.15) is 6.61 Å². The lowest BCUT2D eigenvalue weighted by molar-refractivity contribution is -0.165. The summed E-state index contributed by atoms with van der Waals surface area (Å²) in [6, 6.07) is 20.0. The highest BCUT2D eigenvalue weighted by Gasteiger charge is 2.51. The normalized spacial score (nSPS) is 20.9. The first-order chi connectivity index (χ1) is 17.6. The summed E-state index contributed by atoms with van der Waals surface area (Å²) < 4.78 is 6.24. The van der Waals surface area contributed by atoms with E-state index in [0.29, 0.717) is 24.2 Å². The second-order valence-corrected chi connectivity index (χ2v) is 11.6. The Bertz CT molecular complexity index is 997. The molecular formula is C32H46N2O3. The van der Waals surface area contributed by atoms with Crippen LogP contribution in [0, 0.1) is 29.1 Å². The highest BCUT2D eigenvalue weighted by Crippen LogP contribution is 2.53. The molecular weight excluding hydrogens is 460 g/mol. The average molecular weight is 507 g/mol. The molecule has 37 heavy (non-hydrogen) atoms. The maximum absolute atomic E-state index is 13.9. The largest absolute Gasteiger partial charge is 0.463 e. The molecule has 0 aromatic heterocycles. The van der Waals surface area contributed by atoms with Gasteiger partial charge in [0, 0.05) is 0 Å². The molecule has 0 heterocycles. The zero-order valence-electron chi connectivity index (χ0n) is 23.3. The molecule has 1 saturated carbocycles. The number of ether oxygens (including phenoxy) is 1. The monoisotopic (exact) mass is 506 g/mol. The Kier molecular flexibility index (Phi) is 9.94. The van der Waals surface area contributed by atoms with Crippen LogP contribution in [0.15, 0.2) is 60.7 Å². The van der Waals surface area contributed by atoms with Crippen molar-refractivity contribution in [2.75, 3.05) is 13.2 Å². The van der Waals surface area contributed by atoms with Crippen molar-refractivity contribution >= 4 is 11.9 Å². The van der Waals surface area contributed by atoms with Gasteiger partial charge in [0.2, 0.25) is 5.91 Å². The number of amides is 1. The third-order valence-corrected chi connectivity index (χ3v) is 8.83. The number of nitrogens with two attached hydrogens (primary N) is 1. The summed E-state index contributed by atoms with van der Waals surface area (Å²) in [4.78, 5) is 26.6. The fourth-order valence-corrected chi connectivity index (χ4v) is 6.62. The van der Waals surface area contributed by atoms with Crippen molar-refractivity contribution in [3.63, 3.8) is 0 Å². The molecule has 1 aliphatic rings. The fourth-order valence-electron chi connectivity index (χ4n) is 6.62. The molecule has 0 aliphatic heterocycles. The molecule has 0 bridgehead atoms. The van der Waals surface area contributed by atoms with Crippen LogP contribution < -0.4 is 11.1 Å². The Balaban J connectivity index is 1.94. The van der Waals surface area contributed by atoms with Gasteiger partial charge in [-0.15, -0.1) is 0 Å². The van der Waals surface area contributed by atoms with E-state index in [-0.39, 0.29) is 36.4 Å². The Morgan fingerprint density at radius 1 is 1.03 bits per heavy atom. The first-order valence-electron chi connectivity index (χ1n) is 13.9. The number of carbonyl (C=O) groups excluding carboxylic acids is 2. The number of hydrogen-bond donors (Lipinski definition) is 2. The number of hydrogen-bond acceptors (Lipinski definition) is 4. The van der Waals surface area contributed by atoms with Gasteiger partial charge in [0.15, 0.2) is 0 Å². The number of carbonyl (C=O) groups is 2. The summed E-state index contributed by atoms with van der Waals surface area (Å²) in [7, 11) is 0. The standard InChI is InChI=1S/C32H46N2O3/c1-23(2)32(24(3)4)19-16-25(5)20-28(32)30(36)37-22-31(34-29(35)21-33,27-14-10-7-11-15-27)18-17-26-12-8-6-9-13-26/h6-15,23-25,28H,16-22,33H2,1-5H3,(H,34,35)/t25-,28+,31+/m1/s1. The van der Waals surface area contributed by atoms with Gasteiger partial charge in [0.25, 0.3) is 0 Å². The van der Waals surface area contributed by atoms with Crippen molar-refractivity contribution in [2.45, 2.75) is 72.3 Å². The molecule has 1 fully saturated rings. The van der Waals surface area contributed by atoms with E-state index in [2.05, 4.69) is 52.1 Å². The topological polar surface area (TPSA) is 81.4 Å². The zero-order valence-corrected chi connectivity index (χ0v) is 23.3. The number of nitrogens with one attached hydrogen (secondary N) is 1. The van der Waals surface area contributed by atoms with Crippen molar-refractivity contribution in [3.8, 4) is 0 Å². The van der Waals surface area contributed by atoms with Gasteiger partial charge in [-0.3, -0.25) is 9.59 Å². The van der Waals surface area contributed by atoms with E-state index in [1.807, 2.05) is 48.5 Å². The van der Waals surface area contributed by atoms with E-state index in [9.17, 15) is 9.59 Å². The van der Waals surface area contributed by atoms with Crippen molar-refractivity contribution in [1.29, 1.82) is 0 Å². The fraction of sp³-hybridized carbons (Fsp3) is 0.562. The molecule has 1 amide bonds. The zero-order chi connectivity index (χ0) is 27.1. The van der Waals surface area contributed by atoms with Crippen LogP contribution in [0.5, 0.6) is 0 Å². The van der Waals surface area contributed by atoms with Crippen molar-refractivity contribution in [1.82, 2.24) is 5.32 Å². The second-order valence-electron chi connectivity index (χ2n) is 11.6. The molecule has 0 spiro atoms. The van der Waals surface area contributed by atoms with E-state index in [0.717, 1.165) is 36.8 Å². The van der Waals surface area contributed by atoms with Crippen molar-refractivity contribution in [3.05, 3.63) is 71.8 Å². The van der Waals surface area contributed by atoms with Gasteiger partial charge in [0.05, 0.1) is 18.0 Å². The first-order valence-corrected chi connectivity index (χ1v) is 13.9. The molecule has 2 aromatic rings. The van der Waals surface area contributed by atoms with Crippen LogP contribution in [0.1, 0.15) is 71.4 Å². The lowest BCUT2D eigenvalue weighted by atomic mass is 9.54. The van der Waals surface area contributed by atoms with Crippen molar-refractivity contribution < 1.29 is 14.3 Å². The van der Waals surface area contributed by atoms with Crippen LogP contribution in [0.4, 0.5) is 0 Å². The highest BCUT2D eigenvalue weighted by molar-refractivity contribution is 5.79. The maximum Gasteiger partial charge on any atom is 0.309 e. The number of aryl methyl sites for hydroxylation is 1. The molecule has 0 saturated heterocycles. The predicted molar refractivity (Wildman–Crippen MR) is 150 cm³/mol. The van der Waals surface area contributed by atoms with E-state index < -0.39 is 5.54 Å². The highest BCUT2D eigenvalue weighted by atomic mass is 16.5. The summed E-state index contributed by atoms with van der Waals surface area (Å²) in [5.74, 6) is 0.646. The minimum Gasteiger partial charge on any atom is -0.463 e. The molecule has 5 heteroatoms. The number of esters is 1. The van der Waals surface area contributed by atoms with E-state index in [1.54, 1.807) is 0 Å². The third-order valence-electron chi connectivity index (χ3n) is 8.83. The average Bonchev–Trinajstić information content (AvgIpc) is 2.90. The Morgan fingerprint density at radius 2 is 1.62 bits per heavy atom. The van der Waals surface area contributed by atoms with Crippen molar-refractivity contribution in [2.24, 2.45) is 34.8 Å². The Hall–Kier alpha value is -2.66. The van der Waals surface area contributed by atoms with Crippen LogP contribution >= 0.6 is 0 Å². The molecule has 2 aromatic carbocycles. The lowest BCUT2D eigenvalue weighted by Crippen LogP contribution is -2.53. The Labute approximate surface area is 223 Å². The van der Waals surface area contributed by atoms with Gasteiger partial charge in [-0.25, -0.2) is 0 Å². The molecule has 1 aliphatic carbocycles. The SMILES string of the molecule is CC(C)C1(C(C)C)CC[C@@H](C)C[C@H]1C(=O)OC[C@](CCc1ccccc1)(NC(=O)CN)c1ccccc1. The summed E-state index contributed by atoms with van der Waals surface area (Å²) in [5.41, 5.74) is 6.84. The van der Waals surface area contributed by atoms with Crippen LogP contribution in [-0.2, 0) is 26.3 Å². The van der Waals surface area contributed by atoms with Gasteiger partial charge in [-0.1, -0.05) is 102 Å². The second kappa shape index (κ2) is 12.7. The summed E-state index contributed by atoms with van der Waals surface area (Å²) in [6.45, 7) is 11.2. The third kappa shape index (κ3) is 6.62. The van der Waals surface area contributed by atoms with Gasteiger partial charge >= 0.3 is 5.97 Å². The maximum atomic E-state index is 13.9. The molecule has 3 rings (SSSR count). The van der Waals surface area contributed by atoms with Gasteiger partial charge in [-0.05, 0) is 60.0 Å². The van der Waals surface area contributed by atoms with Crippen LogP contribution in [0.2, 0.25) is 0 Å². The number of rotatable bonds is 11. The van der Waals surface area contributed by atoms with Gasteiger partial charge < -0.3 is 15.8 Å². The van der Waals surface area contributed by atoms with Gasteiger partial charge in [-0.2, -0.15) is 0 Å². The summed E-state index contributed by atoms with van der Waals surface area (Å²) in [5, 5.41) is 3.16. The summed E-state index contributed by atoms with van der Waals surface area (Å²) >= 11 is 0. The van der Waals surface area contributed by atoms with E-state index in [4.69, 9.17) is 10.5 Å². The molecule has 3 N–H and O–H groups in total. The van der Waals surface area contributed by atoms with Crippen LogP contribution in [0.3, 0.4) is 0 Å².